The summed E-state index contributed by atoms with van der Waals surface area (Å²) in [6, 6.07) is 3.62. The Hall–Kier alpha value is -0.450. The van der Waals surface area contributed by atoms with Gasteiger partial charge in [0.2, 0.25) is 0 Å². The normalized spacial score (nSPS) is 15.7. The Bertz CT molecular complexity index is 276. The molecule has 0 aliphatic heterocycles. The number of pyridine rings is 1. The standard InChI is InChI=1S/C8H11BrN2O/c1-8(10,5-12)7-4-6(9)2-3-11-7/h2-4,12H,5,10H2,1H3/t8-/m0/s1. The first kappa shape index (κ1) is 9.64. The van der Waals surface area contributed by atoms with Crippen LogP contribution in [0.1, 0.15) is 12.6 Å². The van der Waals surface area contributed by atoms with Crippen molar-refractivity contribution in [2.24, 2.45) is 5.73 Å². The van der Waals surface area contributed by atoms with E-state index < -0.39 is 5.54 Å². The summed E-state index contributed by atoms with van der Waals surface area (Å²) in [5, 5.41) is 8.96. The zero-order chi connectivity index (χ0) is 9.19. The van der Waals surface area contributed by atoms with E-state index in [1.165, 1.54) is 0 Å². The van der Waals surface area contributed by atoms with Crippen LogP contribution in [0.3, 0.4) is 0 Å². The van der Waals surface area contributed by atoms with Crippen molar-refractivity contribution < 1.29 is 5.11 Å². The molecule has 0 aromatic carbocycles. The molecule has 0 aliphatic rings. The Balaban J connectivity index is 3.03. The highest BCUT2D eigenvalue weighted by Crippen LogP contribution is 2.18. The minimum absolute atomic E-state index is 0.115. The molecule has 0 saturated heterocycles. The maximum Gasteiger partial charge on any atom is 0.0789 e. The number of hydrogen-bond acceptors (Lipinski definition) is 3. The van der Waals surface area contributed by atoms with Gasteiger partial charge < -0.3 is 10.8 Å². The van der Waals surface area contributed by atoms with E-state index in [1.807, 2.05) is 6.07 Å². The summed E-state index contributed by atoms with van der Waals surface area (Å²) < 4.78 is 0.914. The molecule has 0 unspecified atom stereocenters. The third kappa shape index (κ3) is 2.03. The fourth-order valence-corrected chi connectivity index (χ4v) is 1.13. The van der Waals surface area contributed by atoms with Gasteiger partial charge in [-0.3, -0.25) is 4.98 Å². The van der Waals surface area contributed by atoms with Crippen LogP contribution in [0.2, 0.25) is 0 Å². The topological polar surface area (TPSA) is 59.1 Å². The molecular weight excluding hydrogens is 220 g/mol. The number of nitrogens with zero attached hydrogens (tertiary/aromatic N) is 1. The molecule has 0 spiro atoms. The average Bonchev–Trinajstić information content (AvgIpc) is 2.05. The minimum atomic E-state index is -0.760. The van der Waals surface area contributed by atoms with Crippen molar-refractivity contribution in [1.29, 1.82) is 0 Å². The number of hydrogen-bond donors (Lipinski definition) is 2. The summed E-state index contributed by atoms with van der Waals surface area (Å²) in [4.78, 5) is 4.07. The molecule has 66 valence electrons. The Labute approximate surface area is 79.7 Å². The third-order valence-electron chi connectivity index (χ3n) is 1.64. The van der Waals surface area contributed by atoms with Gasteiger partial charge in [-0.25, -0.2) is 0 Å². The molecule has 0 fully saturated rings. The van der Waals surface area contributed by atoms with Gasteiger partial charge in [-0.1, -0.05) is 15.9 Å². The van der Waals surface area contributed by atoms with Crippen LogP contribution in [0.25, 0.3) is 0 Å². The molecule has 1 rings (SSSR count). The number of rotatable bonds is 2. The van der Waals surface area contributed by atoms with E-state index in [4.69, 9.17) is 10.8 Å². The zero-order valence-electron chi connectivity index (χ0n) is 6.79. The molecule has 4 heteroatoms. The molecule has 1 heterocycles. The first-order chi connectivity index (χ1) is 5.56. The van der Waals surface area contributed by atoms with E-state index in [-0.39, 0.29) is 6.61 Å². The summed E-state index contributed by atoms with van der Waals surface area (Å²) in [5.74, 6) is 0. The fourth-order valence-electron chi connectivity index (χ4n) is 0.798. The van der Waals surface area contributed by atoms with Crippen molar-refractivity contribution in [3.05, 3.63) is 28.5 Å². The molecule has 0 saturated carbocycles. The second-order valence-electron chi connectivity index (χ2n) is 2.93. The third-order valence-corrected chi connectivity index (χ3v) is 2.13. The maximum atomic E-state index is 8.96. The molecular formula is C8H11BrN2O. The highest BCUT2D eigenvalue weighted by molar-refractivity contribution is 9.10. The lowest BCUT2D eigenvalue weighted by Gasteiger charge is -2.20. The van der Waals surface area contributed by atoms with Gasteiger partial charge in [-0.15, -0.1) is 0 Å². The van der Waals surface area contributed by atoms with Crippen LogP contribution in [0.15, 0.2) is 22.8 Å². The summed E-state index contributed by atoms with van der Waals surface area (Å²) in [6.45, 7) is 1.62. The van der Waals surface area contributed by atoms with Gasteiger partial charge in [0.1, 0.15) is 0 Å². The van der Waals surface area contributed by atoms with Crippen LogP contribution >= 0.6 is 15.9 Å². The van der Waals surface area contributed by atoms with Crippen molar-refractivity contribution in [3.8, 4) is 0 Å². The molecule has 0 radical (unpaired) electrons. The van der Waals surface area contributed by atoms with Crippen LogP contribution in [-0.2, 0) is 5.54 Å². The lowest BCUT2D eigenvalue weighted by molar-refractivity contribution is 0.206. The Kier molecular flexibility index (Phi) is 2.82. The second kappa shape index (κ2) is 3.51. The molecule has 3 nitrogen and oxygen atoms in total. The largest absolute Gasteiger partial charge is 0.394 e. The van der Waals surface area contributed by atoms with E-state index in [1.54, 1.807) is 19.2 Å². The van der Waals surface area contributed by atoms with Crippen LogP contribution in [0.4, 0.5) is 0 Å². The Morgan fingerprint density at radius 1 is 1.75 bits per heavy atom. The lowest BCUT2D eigenvalue weighted by atomic mass is 10.0. The van der Waals surface area contributed by atoms with E-state index in [2.05, 4.69) is 20.9 Å². The number of aliphatic hydroxyl groups excluding tert-OH is 1. The van der Waals surface area contributed by atoms with E-state index in [9.17, 15) is 0 Å². The minimum Gasteiger partial charge on any atom is -0.394 e. The van der Waals surface area contributed by atoms with Gasteiger partial charge in [0, 0.05) is 10.7 Å². The van der Waals surface area contributed by atoms with E-state index in [0.29, 0.717) is 5.69 Å². The molecule has 0 bridgehead atoms. The fraction of sp³-hybridized carbons (Fsp3) is 0.375. The smallest absolute Gasteiger partial charge is 0.0789 e. The second-order valence-corrected chi connectivity index (χ2v) is 3.85. The molecule has 0 amide bonds. The summed E-state index contributed by atoms with van der Waals surface area (Å²) in [5.41, 5.74) is 5.69. The van der Waals surface area contributed by atoms with Gasteiger partial charge in [-0.2, -0.15) is 0 Å². The average molecular weight is 231 g/mol. The predicted molar refractivity (Wildman–Crippen MR) is 50.6 cm³/mol. The lowest BCUT2D eigenvalue weighted by Crippen LogP contribution is -2.37. The first-order valence-corrected chi connectivity index (χ1v) is 4.37. The van der Waals surface area contributed by atoms with Crippen molar-refractivity contribution in [1.82, 2.24) is 4.98 Å². The highest BCUT2D eigenvalue weighted by Gasteiger charge is 2.21. The molecule has 1 aromatic heterocycles. The number of aliphatic hydroxyl groups is 1. The van der Waals surface area contributed by atoms with Crippen LogP contribution < -0.4 is 5.73 Å². The molecule has 1 aromatic rings. The number of nitrogens with two attached hydrogens (primary N) is 1. The van der Waals surface area contributed by atoms with Crippen molar-refractivity contribution >= 4 is 15.9 Å². The van der Waals surface area contributed by atoms with Crippen LogP contribution in [-0.4, -0.2) is 16.7 Å². The maximum absolute atomic E-state index is 8.96. The van der Waals surface area contributed by atoms with E-state index >= 15 is 0 Å². The van der Waals surface area contributed by atoms with Crippen LogP contribution in [0.5, 0.6) is 0 Å². The predicted octanol–water partition coefficient (Wildman–Crippen LogP) is 1.01. The summed E-state index contributed by atoms with van der Waals surface area (Å²) >= 11 is 3.31. The summed E-state index contributed by atoms with van der Waals surface area (Å²) in [7, 11) is 0. The first-order valence-electron chi connectivity index (χ1n) is 3.58. The Morgan fingerprint density at radius 3 is 2.92 bits per heavy atom. The SMILES string of the molecule is C[C@](N)(CO)c1cc(Br)ccn1. The number of aromatic nitrogens is 1. The zero-order valence-corrected chi connectivity index (χ0v) is 8.37. The number of halogens is 1. The highest BCUT2D eigenvalue weighted by atomic mass is 79.9. The van der Waals surface area contributed by atoms with Crippen molar-refractivity contribution in [2.45, 2.75) is 12.5 Å². The van der Waals surface area contributed by atoms with Gasteiger partial charge >= 0.3 is 0 Å². The molecule has 0 aliphatic carbocycles. The van der Waals surface area contributed by atoms with Crippen molar-refractivity contribution in [3.63, 3.8) is 0 Å². The van der Waals surface area contributed by atoms with Gasteiger partial charge in [0.15, 0.2) is 0 Å². The molecule has 3 N–H and O–H groups in total. The van der Waals surface area contributed by atoms with Gasteiger partial charge in [0.05, 0.1) is 17.8 Å². The van der Waals surface area contributed by atoms with Gasteiger partial charge in [-0.05, 0) is 19.1 Å². The molecule has 12 heavy (non-hydrogen) atoms. The van der Waals surface area contributed by atoms with Crippen molar-refractivity contribution in [2.75, 3.05) is 6.61 Å². The monoisotopic (exact) mass is 230 g/mol. The summed E-state index contributed by atoms with van der Waals surface area (Å²) in [6.07, 6.45) is 1.65. The van der Waals surface area contributed by atoms with E-state index in [0.717, 1.165) is 4.47 Å². The van der Waals surface area contributed by atoms with Gasteiger partial charge in [0.25, 0.3) is 0 Å². The quantitative estimate of drug-likeness (QED) is 0.798. The Morgan fingerprint density at radius 2 is 2.42 bits per heavy atom. The van der Waals surface area contributed by atoms with Crippen LogP contribution in [0, 0.1) is 0 Å². The molecule has 1 atom stereocenters.